The molecule has 0 aliphatic heterocycles. The van der Waals surface area contributed by atoms with Crippen LogP contribution in [-0.4, -0.2) is 5.78 Å². The average molecular weight is 280 g/mol. The number of carbonyl (C=O) groups is 1. The Bertz CT molecular complexity index is 768. The summed E-state index contributed by atoms with van der Waals surface area (Å²) in [6, 6.07) is 18.8. The Hall–Kier alpha value is -1.93. The molecule has 0 saturated heterocycles. The van der Waals surface area contributed by atoms with Crippen molar-refractivity contribution in [2.45, 2.75) is 13.8 Å². The van der Waals surface area contributed by atoms with Gasteiger partial charge in [-0.05, 0) is 34.5 Å². The Labute approximate surface area is 122 Å². The third kappa shape index (κ3) is 2.39. The normalized spacial score (nSPS) is 11.2. The smallest absolute Gasteiger partial charge is 0.175 e. The first-order valence-electron chi connectivity index (χ1n) is 6.78. The van der Waals surface area contributed by atoms with E-state index in [-0.39, 0.29) is 11.7 Å². The minimum absolute atomic E-state index is 0.0538. The number of hydrogen-bond acceptors (Lipinski definition) is 2. The molecule has 0 fully saturated rings. The standard InChI is InChI=1S/C18H16OS/c1-12(2)18(19)17-10-9-16(20-17)15-8-7-13-5-3-4-6-14(13)11-15/h3-12H,1-2H3. The van der Waals surface area contributed by atoms with E-state index < -0.39 is 0 Å². The predicted octanol–water partition coefficient (Wildman–Crippen LogP) is 5.41. The van der Waals surface area contributed by atoms with Crippen molar-refractivity contribution >= 4 is 27.9 Å². The summed E-state index contributed by atoms with van der Waals surface area (Å²) in [5, 5.41) is 2.47. The number of thiophene rings is 1. The van der Waals surface area contributed by atoms with Gasteiger partial charge in [-0.25, -0.2) is 0 Å². The van der Waals surface area contributed by atoms with Crippen LogP contribution in [-0.2, 0) is 0 Å². The second kappa shape index (κ2) is 5.22. The monoisotopic (exact) mass is 280 g/mol. The van der Waals surface area contributed by atoms with E-state index in [1.807, 2.05) is 38.1 Å². The fourth-order valence-electron chi connectivity index (χ4n) is 2.25. The summed E-state index contributed by atoms with van der Waals surface area (Å²) < 4.78 is 0. The van der Waals surface area contributed by atoms with Crippen molar-refractivity contribution < 1.29 is 4.79 Å². The summed E-state index contributed by atoms with van der Waals surface area (Å²) in [4.78, 5) is 14.0. The van der Waals surface area contributed by atoms with Crippen LogP contribution < -0.4 is 0 Å². The fraction of sp³-hybridized carbons (Fsp3) is 0.167. The molecule has 0 atom stereocenters. The SMILES string of the molecule is CC(C)C(=O)c1ccc(-c2ccc3ccccc3c2)s1. The number of carbonyl (C=O) groups excluding carboxylic acids is 1. The highest BCUT2D eigenvalue weighted by Gasteiger charge is 2.13. The second-order valence-corrected chi connectivity index (χ2v) is 6.33. The first-order chi connectivity index (χ1) is 9.65. The van der Waals surface area contributed by atoms with E-state index in [4.69, 9.17) is 0 Å². The summed E-state index contributed by atoms with van der Waals surface area (Å²) in [5.74, 6) is 0.278. The summed E-state index contributed by atoms with van der Waals surface area (Å²) in [5.41, 5.74) is 1.18. The predicted molar refractivity (Wildman–Crippen MR) is 86.4 cm³/mol. The molecule has 0 amide bonds. The highest BCUT2D eigenvalue weighted by molar-refractivity contribution is 7.17. The van der Waals surface area contributed by atoms with Gasteiger partial charge < -0.3 is 0 Å². The summed E-state index contributed by atoms with van der Waals surface area (Å²) in [6.45, 7) is 3.88. The van der Waals surface area contributed by atoms with Gasteiger partial charge in [0.15, 0.2) is 5.78 Å². The van der Waals surface area contributed by atoms with Crippen LogP contribution in [0.3, 0.4) is 0 Å². The third-order valence-corrected chi connectivity index (χ3v) is 4.56. The quantitative estimate of drug-likeness (QED) is 0.586. The highest BCUT2D eigenvalue weighted by Crippen LogP contribution is 2.31. The molecule has 0 unspecified atom stereocenters. The number of rotatable bonds is 3. The summed E-state index contributed by atoms with van der Waals surface area (Å²) in [6.07, 6.45) is 0. The number of benzene rings is 2. The van der Waals surface area contributed by atoms with Gasteiger partial charge in [0.2, 0.25) is 0 Å². The van der Waals surface area contributed by atoms with E-state index in [2.05, 4.69) is 30.3 Å². The summed E-state index contributed by atoms with van der Waals surface area (Å²) in [7, 11) is 0. The molecule has 3 aromatic rings. The minimum Gasteiger partial charge on any atom is -0.293 e. The van der Waals surface area contributed by atoms with E-state index in [1.165, 1.54) is 16.3 Å². The van der Waals surface area contributed by atoms with Crippen LogP contribution in [0, 0.1) is 5.92 Å². The van der Waals surface area contributed by atoms with Crippen molar-refractivity contribution in [1.29, 1.82) is 0 Å². The maximum atomic E-state index is 12.0. The summed E-state index contributed by atoms with van der Waals surface area (Å²) >= 11 is 1.58. The minimum atomic E-state index is 0.0538. The van der Waals surface area contributed by atoms with Gasteiger partial charge in [0.25, 0.3) is 0 Å². The van der Waals surface area contributed by atoms with Crippen molar-refractivity contribution in [3.63, 3.8) is 0 Å². The Kier molecular flexibility index (Phi) is 3.41. The van der Waals surface area contributed by atoms with Gasteiger partial charge in [0.1, 0.15) is 0 Å². The van der Waals surface area contributed by atoms with Crippen LogP contribution >= 0.6 is 11.3 Å². The lowest BCUT2D eigenvalue weighted by Gasteiger charge is -2.02. The topological polar surface area (TPSA) is 17.1 Å². The molecule has 1 aromatic heterocycles. The van der Waals surface area contributed by atoms with Gasteiger partial charge >= 0.3 is 0 Å². The maximum Gasteiger partial charge on any atom is 0.175 e. The van der Waals surface area contributed by atoms with E-state index in [0.29, 0.717) is 0 Å². The number of Topliss-reactive ketones (excluding diaryl/α,β-unsaturated/α-hetero) is 1. The average Bonchev–Trinajstić information content (AvgIpc) is 2.95. The lowest BCUT2D eigenvalue weighted by molar-refractivity contribution is 0.0943. The van der Waals surface area contributed by atoms with Crippen LogP contribution in [0.25, 0.3) is 21.2 Å². The lowest BCUT2D eigenvalue weighted by Crippen LogP contribution is -2.04. The Morgan fingerprint density at radius 2 is 1.70 bits per heavy atom. The molecule has 0 bridgehead atoms. The molecule has 0 N–H and O–H groups in total. The zero-order chi connectivity index (χ0) is 14.1. The number of ketones is 1. The largest absolute Gasteiger partial charge is 0.293 e. The van der Waals surface area contributed by atoms with Crippen LogP contribution in [0.1, 0.15) is 23.5 Å². The molecule has 3 rings (SSSR count). The van der Waals surface area contributed by atoms with Crippen LogP contribution in [0.4, 0.5) is 0 Å². The number of fused-ring (bicyclic) bond motifs is 1. The van der Waals surface area contributed by atoms with Crippen LogP contribution in [0.5, 0.6) is 0 Å². The highest BCUT2D eigenvalue weighted by atomic mass is 32.1. The van der Waals surface area contributed by atoms with Crippen molar-refractivity contribution in [1.82, 2.24) is 0 Å². The lowest BCUT2D eigenvalue weighted by atomic mass is 10.1. The van der Waals surface area contributed by atoms with Gasteiger partial charge in [0.05, 0.1) is 4.88 Å². The maximum absolute atomic E-state index is 12.0. The molecule has 2 aromatic carbocycles. The molecule has 0 aliphatic carbocycles. The first kappa shape index (κ1) is 13.1. The van der Waals surface area contributed by atoms with Crippen molar-refractivity contribution in [3.05, 3.63) is 59.5 Å². The van der Waals surface area contributed by atoms with Gasteiger partial charge in [-0.2, -0.15) is 0 Å². The van der Waals surface area contributed by atoms with Crippen molar-refractivity contribution in [2.75, 3.05) is 0 Å². The molecular weight excluding hydrogens is 264 g/mol. The van der Waals surface area contributed by atoms with Crippen molar-refractivity contribution in [2.24, 2.45) is 5.92 Å². The molecule has 0 saturated carbocycles. The Morgan fingerprint density at radius 3 is 2.45 bits per heavy atom. The van der Waals surface area contributed by atoms with E-state index in [0.717, 1.165) is 9.75 Å². The second-order valence-electron chi connectivity index (χ2n) is 5.24. The third-order valence-electron chi connectivity index (χ3n) is 3.41. The van der Waals surface area contributed by atoms with E-state index >= 15 is 0 Å². The number of hydrogen-bond donors (Lipinski definition) is 0. The molecule has 1 heterocycles. The van der Waals surface area contributed by atoms with Gasteiger partial charge in [-0.15, -0.1) is 11.3 Å². The Morgan fingerprint density at radius 1 is 0.950 bits per heavy atom. The molecular formula is C18H16OS. The molecule has 2 heteroatoms. The molecule has 100 valence electrons. The van der Waals surface area contributed by atoms with Crippen LogP contribution in [0.2, 0.25) is 0 Å². The van der Waals surface area contributed by atoms with Crippen LogP contribution in [0.15, 0.2) is 54.6 Å². The fourth-order valence-corrected chi connectivity index (χ4v) is 3.34. The van der Waals surface area contributed by atoms with Crippen molar-refractivity contribution in [3.8, 4) is 10.4 Å². The molecule has 0 spiro atoms. The molecule has 20 heavy (non-hydrogen) atoms. The van der Waals surface area contributed by atoms with Gasteiger partial charge in [-0.3, -0.25) is 4.79 Å². The van der Waals surface area contributed by atoms with Gasteiger partial charge in [-0.1, -0.05) is 50.2 Å². The zero-order valence-corrected chi connectivity index (χ0v) is 12.4. The first-order valence-corrected chi connectivity index (χ1v) is 7.60. The van der Waals surface area contributed by atoms with E-state index in [1.54, 1.807) is 11.3 Å². The molecule has 0 radical (unpaired) electrons. The van der Waals surface area contributed by atoms with Gasteiger partial charge in [0, 0.05) is 10.8 Å². The molecule has 1 nitrogen and oxygen atoms in total. The Balaban J connectivity index is 2.01. The zero-order valence-electron chi connectivity index (χ0n) is 11.6. The van der Waals surface area contributed by atoms with E-state index in [9.17, 15) is 4.79 Å². The molecule has 0 aliphatic rings.